The molecule has 0 spiro atoms. The predicted octanol–water partition coefficient (Wildman–Crippen LogP) is 2.92. The highest BCUT2D eigenvalue weighted by Crippen LogP contribution is 2.28. The summed E-state index contributed by atoms with van der Waals surface area (Å²) < 4.78 is 0. The van der Waals surface area contributed by atoms with E-state index in [-0.39, 0.29) is 17.7 Å². The molecule has 2 aromatic rings. The summed E-state index contributed by atoms with van der Waals surface area (Å²) in [4.78, 5) is 30.2. The number of benzene rings is 1. The van der Waals surface area contributed by atoms with Crippen molar-refractivity contribution in [2.45, 2.75) is 18.9 Å². The Kier molecular flexibility index (Phi) is 3.89. The number of imide groups is 1. The monoisotopic (exact) mass is 323 g/mol. The van der Waals surface area contributed by atoms with Gasteiger partial charge in [0.2, 0.25) is 0 Å². The molecule has 0 saturated heterocycles. The standard InChI is InChI=1S/C17H13N3O2S/c1-10-7-11(2)19-15(14(10)8-18)23-9-20-16(21)12-5-3-4-6-13(12)17(20)22/h3-7H,9H2,1-2H3. The Balaban J connectivity index is 1.85. The molecule has 1 aliphatic heterocycles. The van der Waals surface area contributed by atoms with Crippen LogP contribution in [0.3, 0.4) is 0 Å². The zero-order valence-corrected chi connectivity index (χ0v) is 13.5. The average molecular weight is 323 g/mol. The first-order valence-corrected chi connectivity index (χ1v) is 7.98. The van der Waals surface area contributed by atoms with Crippen LogP contribution in [0.4, 0.5) is 0 Å². The lowest BCUT2D eigenvalue weighted by atomic mass is 10.1. The summed E-state index contributed by atoms with van der Waals surface area (Å²) in [7, 11) is 0. The number of hydrogen-bond donors (Lipinski definition) is 0. The van der Waals surface area contributed by atoms with Gasteiger partial charge in [0.25, 0.3) is 11.8 Å². The number of amides is 2. The van der Waals surface area contributed by atoms with Crippen molar-refractivity contribution in [3.8, 4) is 6.07 Å². The molecule has 0 atom stereocenters. The smallest absolute Gasteiger partial charge is 0.262 e. The quantitative estimate of drug-likeness (QED) is 0.641. The number of nitrogens with zero attached hydrogens (tertiary/aromatic N) is 3. The van der Waals surface area contributed by atoms with Crippen LogP contribution in [-0.2, 0) is 0 Å². The van der Waals surface area contributed by atoms with Gasteiger partial charge in [-0.25, -0.2) is 4.98 Å². The second-order valence-electron chi connectivity index (χ2n) is 5.23. The van der Waals surface area contributed by atoms with E-state index in [4.69, 9.17) is 0 Å². The molecule has 0 bridgehead atoms. The maximum Gasteiger partial charge on any atom is 0.262 e. The summed E-state index contributed by atoms with van der Waals surface area (Å²) in [6, 6.07) is 10.7. The van der Waals surface area contributed by atoms with E-state index in [1.54, 1.807) is 24.3 Å². The Morgan fingerprint density at radius 3 is 2.35 bits per heavy atom. The van der Waals surface area contributed by atoms with Crippen molar-refractivity contribution in [1.82, 2.24) is 9.88 Å². The van der Waals surface area contributed by atoms with Gasteiger partial charge in [0.05, 0.1) is 22.6 Å². The summed E-state index contributed by atoms with van der Waals surface area (Å²) in [5.74, 6) is -0.473. The summed E-state index contributed by atoms with van der Waals surface area (Å²) in [5.41, 5.74) is 2.97. The van der Waals surface area contributed by atoms with Gasteiger partial charge in [-0.3, -0.25) is 14.5 Å². The summed E-state index contributed by atoms with van der Waals surface area (Å²) in [6.45, 7) is 3.69. The van der Waals surface area contributed by atoms with Gasteiger partial charge in [-0.2, -0.15) is 5.26 Å². The number of thioether (sulfide) groups is 1. The van der Waals surface area contributed by atoms with E-state index in [9.17, 15) is 14.9 Å². The third-order valence-electron chi connectivity index (χ3n) is 3.63. The number of aryl methyl sites for hydroxylation is 2. The minimum absolute atomic E-state index is 0.136. The molecule has 1 aromatic heterocycles. The molecule has 0 N–H and O–H groups in total. The zero-order valence-electron chi connectivity index (χ0n) is 12.7. The third-order valence-corrected chi connectivity index (χ3v) is 4.59. The molecule has 1 aliphatic rings. The first-order chi connectivity index (χ1) is 11.0. The van der Waals surface area contributed by atoms with Crippen LogP contribution in [-0.4, -0.2) is 27.6 Å². The number of fused-ring (bicyclic) bond motifs is 1. The van der Waals surface area contributed by atoms with Crippen molar-refractivity contribution >= 4 is 23.6 Å². The third kappa shape index (κ3) is 2.60. The molecule has 114 valence electrons. The minimum Gasteiger partial charge on any atom is -0.269 e. The van der Waals surface area contributed by atoms with E-state index in [0.29, 0.717) is 21.7 Å². The first-order valence-electron chi connectivity index (χ1n) is 6.99. The molecule has 1 aromatic carbocycles. The van der Waals surface area contributed by atoms with Gasteiger partial charge in [-0.05, 0) is 37.6 Å². The number of hydrogen-bond acceptors (Lipinski definition) is 5. The van der Waals surface area contributed by atoms with Gasteiger partial charge < -0.3 is 0 Å². The highest BCUT2D eigenvalue weighted by atomic mass is 32.2. The molecule has 5 nitrogen and oxygen atoms in total. The first kappa shape index (κ1) is 15.3. The molecule has 0 aliphatic carbocycles. The Labute approximate surface area is 137 Å². The van der Waals surface area contributed by atoms with E-state index in [1.165, 1.54) is 16.7 Å². The van der Waals surface area contributed by atoms with E-state index in [0.717, 1.165) is 11.3 Å². The molecule has 6 heteroatoms. The second-order valence-corrected chi connectivity index (χ2v) is 6.16. The number of nitriles is 1. The van der Waals surface area contributed by atoms with Gasteiger partial charge in [-0.15, -0.1) is 0 Å². The van der Waals surface area contributed by atoms with E-state index >= 15 is 0 Å². The fourth-order valence-electron chi connectivity index (χ4n) is 2.53. The molecule has 0 saturated carbocycles. The van der Waals surface area contributed by atoms with Crippen molar-refractivity contribution in [1.29, 1.82) is 5.26 Å². The maximum atomic E-state index is 12.3. The van der Waals surface area contributed by atoms with Crippen LogP contribution in [0.25, 0.3) is 0 Å². The van der Waals surface area contributed by atoms with Crippen LogP contribution in [0, 0.1) is 25.2 Å². The van der Waals surface area contributed by atoms with Crippen molar-refractivity contribution in [2.24, 2.45) is 0 Å². The molecule has 0 fully saturated rings. The van der Waals surface area contributed by atoms with Crippen LogP contribution in [0.15, 0.2) is 35.4 Å². The number of aromatic nitrogens is 1. The van der Waals surface area contributed by atoms with E-state index in [2.05, 4.69) is 11.1 Å². The highest BCUT2D eigenvalue weighted by molar-refractivity contribution is 7.99. The van der Waals surface area contributed by atoms with Gasteiger partial charge in [-0.1, -0.05) is 23.9 Å². The van der Waals surface area contributed by atoms with Crippen molar-refractivity contribution < 1.29 is 9.59 Å². The lowest BCUT2D eigenvalue weighted by Gasteiger charge is -2.14. The lowest BCUT2D eigenvalue weighted by Crippen LogP contribution is -2.29. The number of carbonyl (C=O) groups excluding carboxylic acids is 2. The second kappa shape index (κ2) is 5.86. The van der Waals surface area contributed by atoms with Crippen LogP contribution in [0.2, 0.25) is 0 Å². The fraction of sp³-hybridized carbons (Fsp3) is 0.176. The van der Waals surface area contributed by atoms with Gasteiger partial charge in [0.15, 0.2) is 0 Å². The Morgan fingerprint density at radius 2 is 1.78 bits per heavy atom. The number of carbonyl (C=O) groups is 2. The maximum absolute atomic E-state index is 12.3. The molecule has 0 unspecified atom stereocenters. The molecular formula is C17H13N3O2S. The van der Waals surface area contributed by atoms with E-state index in [1.807, 2.05) is 19.9 Å². The molecule has 2 heterocycles. The van der Waals surface area contributed by atoms with Gasteiger partial charge in [0, 0.05) is 5.69 Å². The summed E-state index contributed by atoms with van der Waals surface area (Å²) in [5, 5.41) is 9.82. The zero-order chi connectivity index (χ0) is 16.6. The molecule has 0 radical (unpaired) electrons. The van der Waals surface area contributed by atoms with Crippen molar-refractivity contribution in [3.05, 3.63) is 58.3 Å². The Hall–Kier alpha value is -2.65. The largest absolute Gasteiger partial charge is 0.269 e. The topological polar surface area (TPSA) is 74.1 Å². The molecular weight excluding hydrogens is 310 g/mol. The lowest BCUT2D eigenvalue weighted by molar-refractivity contribution is 0.0684. The van der Waals surface area contributed by atoms with Gasteiger partial charge >= 0.3 is 0 Å². The van der Waals surface area contributed by atoms with Crippen molar-refractivity contribution in [2.75, 3.05) is 5.88 Å². The Bertz CT molecular complexity index is 836. The average Bonchev–Trinajstić information content (AvgIpc) is 2.77. The molecule has 3 rings (SSSR count). The normalized spacial score (nSPS) is 13.2. The van der Waals surface area contributed by atoms with Crippen LogP contribution >= 0.6 is 11.8 Å². The number of rotatable bonds is 3. The van der Waals surface area contributed by atoms with E-state index < -0.39 is 0 Å². The molecule has 23 heavy (non-hydrogen) atoms. The Morgan fingerprint density at radius 1 is 1.17 bits per heavy atom. The predicted molar refractivity (Wildman–Crippen MR) is 86.1 cm³/mol. The van der Waals surface area contributed by atoms with Gasteiger partial charge in [0.1, 0.15) is 11.1 Å². The summed E-state index contributed by atoms with van der Waals surface area (Å²) in [6.07, 6.45) is 0. The van der Waals surface area contributed by atoms with Crippen LogP contribution in [0.1, 0.15) is 37.5 Å². The highest BCUT2D eigenvalue weighted by Gasteiger charge is 2.35. The number of pyridine rings is 1. The van der Waals surface area contributed by atoms with Crippen LogP contribution < -0.4 is 0 Å². The molecule has 2 amide bonds. The SMILES string of the molecule is Cc1cc(C)c(C#N)c(SCN2C(=O)c3ccccc3C2=O)n1. The van der Waals surface area contributed by atoms with Crippen LogP contribution in [0.5, 0.6) is 0 Å². The summed E-state index contributed by atoms with van der Waals surface area (Å²) >= 11 is 1.23. The fourth-order valence-corrected chi connectivity index (χ4v) is 3.57. The minimum atomic E-state index is -0.305. The van der Waals surface area contributed by atoms with Crippen molar-refractivity contribution in [3.63, 3.8) is 0 Å².